The first kappa shape index (κ1) is 24.1. The van der Waals surface area contributed by atoms with E-state index >= 15 is 0 Å². The Kier molecular flexibility index (Phi) is 7.22. The summed E-state index contributed by atoms with van der Waals surface area (Å²) in [5, 5.41) is 21.4. The summed E-state index contributed by atoms with van der Waals surface area (Å²) >= 11 is 1.12. The van der Waals surface area contributed by atoms with E-state index in [-0.39, 0.29) is 23.6 Å². The van der Waals surface area contributed by atoms with Crippen LogP contribution in [0.1, 0.15) is 39.1 Å². The fourth-order valence-electron chi connectivity index (χ4n) is 2.84. The monoisotopic (exact) mass is 470 g/mol. The molecule has 3 N–H and O–H groups in total. The fourth-order valence-corrected chi connectivity index (χ4v) is 3.63. The van der Waals surface area contributed by atoms with Crippen LogP contribution in [0.4, 0.5) is 11.4 Å². The van der Waals surface area contributed by atoms with Gasteiger partial charge in [-0.2, -0.15) is 0 Å². The molecule has 1 aromatic heterocycles. The normalized spacial score (nSPS) is 12.2. The number of carbonyl (C=O) groups excluding carboxylic acids is 1. The van der Waals surface area contributed by atoms with E-state index in [0.29, 0.717) is 22.4 Å². The highest BCUT2D eigenvalue weighted by molar-refractivity contribution is 8.00. The van der Waals surface area contributed by atoms with Gasteiger partial charge in [-0.1, -0.05) is 50.7 Å². The van der Waals surface area contributed by atoms with Crippen LogP contribution in [0, 0.1) is 10.1 Å². The van der Waals surface area contributed by atoms with Crippen LogP contribution in [-0.2, 0) is 16.8 Å². The van der Waals surface area contributed by atoms with Gasteiger partial charge in [-0.3, -0.25) is 14.9 Å². The van der Waals surface area contributed by atoms with Crippen molar-refractivity contribution in [1.29, 1.82) is 0 Å². The second-order valence-corrected chi connectivity index (χ2v) is 9.70. The van der Waals surface area contributed by atoms with Gasteiger partial charge in [0.05, 0.1) is 10.2 Å². The Labute approximate surface area is 195 Å². The molecular formula is C22H26N6O4S. The molecule has 0 aliphatic carbocycles. The molecule has 0 bridgehead atoms. The van der Waals surface area contributed by atoms with Gasteiger partial charge in [-0.25, -0.2) is 4.68 Å². The van der Waals surface area contributed by atoms with Crippen LogP contribution in [0.25, 0.3) is 0 Å². The Morgan fingerprint density at radius 2 is 1.94 bits per heavy atom. The number of benzene rings is 2. The number of amides is 1. The summed E-state index contributed by atoms with van der Waals surface area (Å²) in [6.45, 7) is 8.23. The van der Waals surface area contributed by atoms with Gasteiger partial charge >= 0.3 is 0 Å². The van der Waals surface area contributed by atoms with Crippen molar-refractivity contribution >= 4 is 29.0 Å². The lowest BCUT2D eigenvalue weighted by Gasteiger charge is -2.19. The first-order valence-corrected chi connectivity index (χ1v) is 11.1. The first-order chi connectivity index (χ1) is 15.5. The number of hydrogen-bond acceptors (Lipinski definition) is 8. The van der Waals surface area contributed by atoms with Gasteiger partial charge in [0.2, 0.25) is 11.1 Å². The second kappa shape index (κ2) is 9.90. The van der Waals surface area contributed by atoms with Crippen LogP contribution in [0.5, 0.6) is 5.75 Å². The average molecular weight is 471 g/mol. The van der Waals surface area contributed by atoms with Crippen molar-refractivity contribution in [3.8, 4) is 5.75 Å². The van der Waals surface area contributed by atoms with Crippen LogP contribution in [0.3, 0.4) is 0 Å². The van der Waals surface area contributed by atoms with Crippen LogP contribution < -0.4 is 15.9 Å². The van der Waals surface area contributed by atoms with Crippen LogP contribution in [-0.4, -0.2) is 31.0 Å². The third-order valence-electron chi connectivity index (χ3n) is 4.80. The summed E-state index contributed by atoms with van der Waals surface area (Å²) in [7, 11) is 0. The van der Waals surface area contributed by atoms with E-state index in [1.165, 1.54) is 28.4 Å². The van der Waals surface area contributed by atoms with Crippen LogP contribution in [0.15, 0.2) is 53.7 Å². The van der Waals surface area contributed by atoms with Gasteiger partial charge in [0, 0.05) is 17.8 Å². The third kappa shape index (κ3) is 6.22. The topological polar surface area (TPSA) is 138 Å². The van der Waals surface area contributed by atoms with Crippen molar-refractivity contribution in [3.05, 3.63) is 70.0 Å². The minimum atomic E-state index is -0.575. The van der Waals surface area contributed by atoms with E-state index in [2.05, 4.69) is 36.3 Å². The van der Waals surface area contributed by atoms with Crippen LogP contribution >= 0.6 is 11.8 Å². The summed E-state index contributed by atoms with van der Waals surface area (Å²) in [6, 6.07) is 13.6. The smallest absolute Gasteiger partial charge is 0.271 e. The van der Waals surface area contributed by atoms with Crippen molar-refractivity contribution in [2.24, 2.45) is 0 Å². The van der Waals surface area contributed by atoms with Gasteiger partial charge in [0.15, 0.2) is 5.82 Å². The predicted octanol–water partition coefficient (Wildman–Crippen LogP) is 3.90. The molecule has 1 amide bonds. The third-order valence-corrected chi connectivity index (χ3v) is 5.86. The average Bonchev–Trinajstić information content (AvgIpc) is 3.11. The van der Waals surface area contributed by atoms with E-state index in [1.54, 1.807) is 13.0 Å². The van der Waals surface area contributed by atoms with Gasteiger partial charge in [0.1, 0.15) is 12.4 Å². The van der Waals surface area contributed by atoms with E-state index in [0.717, 1.165) is 11.8 Å². The zero-order valence-electron chi connectivity index (χ0n) is 18.8. The number of thioether (sulfide) groups is 1. The number of anilines is 1. The van der Waals surface area contributed by atoms with Gasteiger partial charge in [-0.05, 0) is 36.1 Å². The molecule has 0 spiro atoms. The number of aromatic nitrogens is 3. The Hall–Kier alpha value is -3.60. The maximum atomic E-state index is 12.5. The maximum Gasteiger partial charge on any atom is 0.271 e. The SMILES string of the molecule is CC(Sc1nnc(COc2ccc(C(C)(C)C)cc2)n1N)C(=O)Nc1cccc([N+](=O)[O-])c1. The molecule has 0 radical (unpaired) electrons. The lowest BCUT2D eigenvalue weighted by atomic mass is 9.87. The molecule has 1 unspecified atom stereocenters. The number of nitrogens with two attached hydrogens (primary N) is 1. The van der Waals surface area contributed by atoms with Crippen molar-refractivity contribution in [1.82, 2.24) is 14.9 Å². The van der Waals surface area contributed by atoms with Crippen molar-refractivity contribution in [3.63, 3.8) is 0 Å². The van der Waals surface area contributed by atoms with Crippen molar-refractivity contribution in [2.45, 2.75) is 50.1 Å². The number of nitrogen functional groups attached to an aromatic ring is 1. The molecule has 3 rings (SSSR count). The molecule has 2 aromatic carbocycles. The fraction of sp³-hybridized carbons (Fsp3) is 0.318. The number of rotatable bonds is 8. The molecule has 174 valence electrons. The highest BCUT2D eigenvalue weighted by Crippen LogP contribution is 2.26. The number of non-ortho nitro benzene ring substituents is 1. The van der Waals surface area contributed by atoms with Crippen LogP contribution in [0.2, 0.25) is 0 Å². The highest BCUT2D eigenvalue weighted by atomic mass is 32.2. The molecule has 1 heterocycles. The molecule has 0 saturated heterocycles. The number of nitrogens with zero attached hydrogens (tertiary/aromatic N) is 4. The lowest BCUT2D eigenvalue weighted by Crippen LogP contribution is -2.24. The number of ether oxygens (including phenoxy) is 1. The van der Waals surface area contributed by atoms with Crippen molar-refractivity contribution < 1.29 is 14.5 Å². The van der Waals surface area contributed by atoms with Crippen molar-refractivity contribution in [2.75, 3.05) is 11.2 Å². The number of hydrogen-bond donors (Lipinski definition) is 2. The Balaban J connectivity index is 1.58. The van der Waals surface area contributed by atoms with Gasteiger partial charge in [0.25, 0.3) is 5.69 Å². The molecule has 33 heavy (non-hydrogen) atoms. The quantitative estimate of drug-likeness (QED) is 0.219. The van der Waals surface area contributed by atoms with E-state index in [4.69, 9.17) is 10.6 Å². The summed E-state index contributed by atoms with van der Waals surface area (Å²) in [4.78, 5) is 22.9. The molecule has 1 atom stereocenters. The predicted molar refractivity (Wildman–Crippen MR) is 127 cm³/mol. The Morgan fingerprint density at radius 1 is 1.24 bits per heavy atom. The van der Waals surface area contributed by atoms with E-state index in [9.17, 15) is 14.9 Å². The number of nitro groups is 1. The highest BCUT2D eigenvalue weighted by Gasteiger charge is 2.20. The summed E-state index contributed by atoms with van der Waals surface area (Å²) in [5.74, 6) is 6.83. The largest absolute Gasteiger partial charge is 0.486 e. The van der Waals surface area contributed by atoms with E-state index < -0.39 is 10.2 Å². The zero-order chi connectivity index (χ0) is 24.2. The maximum absolute atomic E-state index is 12.5. The minimum absolute atomic E-state index is 0.0559. The number of carbonyl (C=O) groups is 1. The zero-order valence-corrected chi connectivity index (χ0v) is 19.6. The lowest BCUT2D eigenvalue weighted by molar-refractivity contribution is -0.384. The van der Waals surface area contributed by atoms with E-state index in [1.807, 2.05) is 24.3 Å². The molecule has 0 saturated carbocycles. The minimum Gasteiger partial charge on any atom is -0.486 e. The standard InChI is InChI=1S/C22H26N6O4S/c1-14(20(29)24-16-6-5-7-17(12-16)28(30)31)33-21-26-25-19(27(21)23)13-32-18-10-8-15(9-11-18)22(2,3)4/h5-12,14H,13,23H2,1-4H3,(H,24,29). The molecule has 3 aromatic rings. The molecule has 10 nitrogen and oxygen atoms in total. The number of nitrogens with one attached hydrogen (secondary N) is 1. The Bertz CT molecular complexity index is 1140. The molecule has 0 fully saturated rings. The Morgan fingerprint density at radius 3 is 2.58 bits per heavy atom. The van der Waals surface area contributed by atoms with Gasteiger partial charge in [-0.15, -0.1) is 10.2 Å². The molecule has 0 aliphatic rings. The molecule has 11 heteroatoms. The summed E-state index contributed by atoms with van der Waals surface area (Å²) in [5.41, 5.74) is 1.49. The number of nitro benzene ring substituents is 1. The second-order valence-electron chi connectivity index (χ2n) is 8.39. The molecular weight excluding hydrogens is 444 g/mol. The summed E-state index contributed by atoms with van der Waals surface area (Å²) in [6.07, 6.45) is 0. The van der Waals surface area contributed by atoms with Gasteiger partial charge < -0.3 is 15.9 Å². The first-order valence-electron chi connectivity index (χ1n) is 10.2. The molecule has 0 aliphatic heterocycles. The summed E-state index contributed by atoms with van der Waals surface area (Å²) < 4.78 is 7.05.